The van der Waals surface area contributed by atoms with E-state index in [4.69, 9.17) is 4.98 Å². The van der Waals surface area contributed by atoms with Gasteiger partial charge in [0.1, 0.15) is 17.2 Å². The van der Waals surface area contributed by atoms with Crippen LogP contribution in [0, 0.1) is 0 Å². The molecule has 0 unspecified atom stereocenters. The number of fused-ring (bicyclic) bond motifs is 1. The Balaban J connectivity index is 0.00000259. The van der Waals surface area contributed by atoms with Crippen LogP contribution < -0.4 is 61.6 Å². The van der Waals surface area contributed by atoms with Crippen molar-refractivity contribution in [2.45, 2.75) is 31.7 Å². The molecule has 0 spiro atoms. The molecule has 1 N–H and O–H groups in total. The van der Waals surface area contributed by atoms with Crippen LogP contribution in [0.15, 0.2) is 30.6 Å². The van der Waals surface area contributed by atoms with E-state index < -0.39 is 0 Å². The normalized spacial score (nSPS) is 16.6. The number of hydrogen-bond acceptors (Lipinski definition) is 6. The molecule has 3 aromatic rings. The maximum Gasteiger partial charge on any atom is 1.00 e. The summed E-state index contributed by atoms with van der Waals surface area (Å²) in [5, 5.41) is 8.50. The van der Waals surface area contributed by atoms with E-state index in [9.17, 15) is 4.79 Å². The molecule has 1 saturated heterocycles. The molecule has 33 heavy (non-hydrogen) atoms. The summed E-state index contributed by atoms with van der Waals surface area (Å²) in [5.41, 5.74) is 2.58. The van der Waals surface area contributed by atoms with Crippen molar-refractivity contribution in [2.24, 2.45) is 0 Å². The molecule has 1 saturated carbocycles. The van der Waals surface area contributed by atoms with Crippen LogP contribution in [0.4, 0.5) is 17.5 Å². The molecule has 9 nitrogen and oxygen atoms in total. The fourth-order valence-electron chi connectivity index (χ4n) is 4.62. The molecular weight excluding hydrogens is 443 g/mol. The SMILES string of the molecule is CN(C)C(=O)c1cc2cnc(Nc3ccc(N4CC[N-]CC4)cn3)nc2n1C1CCCC1.[K+]. The van der Waals surface area contributed by atoms with Crippen molar-refractivity contribution in [2.75, 3.05) is 50.5 Å². The summed E-state index contributed by atoms with van der Waals surface area (Å²) in [7, 11) is 3.57. The van der Waals surface area contributed by atoms with Crippen LogP contribution in [-0.2, 0) is 0 Å². The maximum absolute atomic E-state index is 12.9. The third-order valence-corrected chi connectivity index (χ3v) is 6.30. The van der Waals surface area contributed by atoms with Crippen LogP contribution in [0.5, 0.6) is 0 Å². The molecule has 0 bridgehead atoms. The second-order valence-corrected chi connectivity index (χ2v) is 8.69. The van der Waals surface area contributed by atoms with E-state index in [0.29, 0.717) is 23.5 Å². The van der Waals surface area contributed by atoms with Crippen molar-refractivity contribution in [1.82, 2.24) is 24.4 Å². The molecule has 1 aliphatic carbocycles. The van der Waals surface area contributed by atoms with Crippen LogP contribution >= 0.6 is 0 Å². The zero-order valence-electron chi connectivity index (χ0n) is 19.7. The number of amides is 1. The zero-order chi connectivity index (χ0) is 22.1. The second-order valence-electron chi connectivity index (χ2n) is 8.69. The number of pyridine rings is 1. The number of nitrogens with one attached hydrogen (secondary N) is 1. The summed E-state index contributed by atoms with van der Waals surface area (Å²) in [6.45, 7) is 3.60. The summed E-state index contributed by atoms with van der Waals surface area (Å²) in [6, 6.07) is 6.22. The van der Waals surface area contributed by atoms with Crippen molar-refractivity contribution in [3.8, 4) is 0 Å². The topological polar surface area (TPSA) is 93.3 Å². The Hall–Kier alpha value is -1.56. The molecule has 2 aliphatic rings. The minimum atomic E-state index is -0.00724. The van der Waals surface area contributed by atoms with E-state index in [-0.39, 0.29) is 57.3 Å². The van der Waals surface area contributed by atoms with Gasteiger partial charge < -0.3 is 25.0 Å². The molecule has 4 heterocycles. The fourth-order valence-corrected chi connectivity index (χ4v) is 4.62. The molecule has 0 atom stereocenters. The summed E-state index contributed by atoms with van der Waals surface area (Å²) < 4.78 is 2.12. The van der Waals surface area contributed by atoms with E-state index in [0.717, 1.165) is 55.7 Å². The Bertz CT molecular complexity index is 1100. The molecule has 10 heteroatoms. The Morgan fingerprint density at radius 2 is 1.88 bits per heavy atom. The van der Waals surface area contributed by atoms with Crippen LogP contribution in [0.1, 0.15) is 42.2 Å². The Morgan fingerprint density at radius 1 is 1.12 bits per heavy atom. The van der Waals surface area contributed by atoms with Crippen molar-refractivity contribution in [1.29, 1.82) is 0 Å². The molecular formula is C23H29KN8O. The molecule has 168 valence electrons. The largest absolute Gasteiger partial charge is 1.00 e. The van der Waals surface area contributed by atoms with Gasteiger partial charge in [-0.15, -0.1) is 13.1 Å². The number of nitrogens with zero attached hydrogens (tertiary/aromatic N) is 7. The molecule has 0 radical (unpaired) electrons. The number of anilines is 3. The van der Waals surface area contributed by atoms with Crippen molar-refractivity contribution in [3.63, 3.8) is 0 Å². The molecule has 0 aromatic carbocycles. The first kappa shape index (κ1) is 24.6. The number of carbonyl (C=O) groups excluding carboxylic acids is 1. The molecule has 1 amide bonds. The van der Waals surface area contributed by atoms with Gasteiger partial charge in [0.25, 0.3) is 5.91 Å². The van der Waals surface area contributed by atoms with Crippen molar-refractivity contribution in [3.05, 3.63) is 41.6 Å². The van der Waals surface area contributed by atoms with Crippen LogP contribution in [-0.4, -0.2) is 70.6 Å². The Morgan fingerprint density at radius 3 is 2.55 bits per heavy atom. The average Bonchev–Trinajstić information content (AvgIpc) is 3.47. The number of carbonyl (C=O) groups is 1. The minimum absolute atomic E-state index is 0. The first-order valence-corrected chi connectivity index (χ1v) is 11.3. The van der Waals surface area contributed by atoms with Gasteiger partial charge in [0.05, 0.1) is 11.9 Å². The third kappa shape index (κ3) is 5.25. The summed E-state index contributed by atoms with van der Waals surface area (Å²) in [4.78, 5) is 30.6. The van der Waals surface area contributed by atoms with Crippen molar-refractivity contribution >= 4 is 34.4 Å². The van der Waals surface area contributed by atoms with E-state index in [2.05, 4.69) is 36.1 Å². The summed E-state index contributed by atoms with van der Waals surface area (Å²) >= 11 is 0. The van der Waals surface area contributed by atoms with E-state index in [1.807, 2.05) is 18.3 Å². The van der Waals surface area contributed by atoms with Gasteiger partial charge in [-0.3, -0.25) is 4.79 Å². The quantitative estimate of drug-likeness (QED) is 0.546. The first-order valence-electron chi connectivity index (χ1n) is 11.3. The first-order chi connectivity index (χ1) is 15.6. The Kier molecular flexibility index (Phi) is 8.03. The predicted octanol–water partition coefficient (Wildman–Crippen LogP) is 0.585. The van der Waals surface area contributed by atoms with Gasteiger partial charge in [-0.05, 0) is 44.1 Å². The van der Waals surface area contributed by atoms with E-state index >= 15 is 0 Å². The monoisotopic (exact) mass is 472 g/mol. The standard InChI is InChI=1S/C23H29N8O.K/c1-29(2)22(32)19-13-16-14-26-23(28-21(16)31(19)17-5-3-4-6-17)27-20-8-7-18(15-25-20)30-11-9-24-10-12-30;/h7-8,13-15,17H,3-6,9-12H2,1-2H3,(H,25,26,27,28);/q-1;+1. The van der Waals surface area contributed by atoms with Gasteiger partial charge in [0.2, 0.25) is 5.95 Å². The number of rotatable bonds is 5. The van der Waals surface area contributed by atoms with Gasteiger partial charge in [0, 0.05) is 31.7 Å². The minimum Gasteiger partial charge on any atom is -0.659 e. The molecule has 2 fully saturated rings. The van der Waals surface area contributed by atoms with Gasteiger partial charge in [-0.25, -0.2) is 9.97 Å². The third-order valence-electron chi connectivity index (χ3n) is 6.30. The predicted molar refractivity (Wildman–Crippen MR) is 126 cm³/mol. The zero-order valence-corrected chi connectivity index (χ0v) is 22.8. The van der Waals surface area contributed by atoms with Gasteiger partial charge >= 0.3 is 51.4 Å². The molecule has 3 aromatic heterocycles. The van der Waals surface area contributed by atoms with Gasteiger partial charge in [-0.1, -0.05) is 12.8 Å². The van der Waals surface area contributed by atoms with Crippen LogP contribution in [0.25, 0.3) is 16.4 Å². The van der Waals surface area contributed by atoms with Crippen LogP contribution in [0.2, 0.25) is 0 Å². The smallest absolute Gasteiger partial charge is 0.659 e. The maximum atomic E-state index is 12.9. The second kappa shape index (κ2) is 10.8. The van der Waals surface area contributed by atoms with Gasteiger partial charge in [-0.2, -0.15) is 4.98 Å². The van der Waals surface area contributed by atoms with Gasteiger partial charge in [0.15, 0.2) is 0 Å². The Labute approximate surface area is 236 Å². The number of aromatic nitrogens is 4. The summed E-state index contributed by atoms with van der Waals surface area (Å²) in [6.07, 6.45) is 8.15. The number of hydrogen-bond donors (Lipinski definition) is 1. The molecule has 1 aliphatic heterocycles. The fraction of sp³-hybridized carbons (Fsp3) is 0.478. The summed E-state index contributed by atoms with van der Waals surface area (Å²) in [5.74, 6) is 1.17. The van der Waals surface area contributed by atoms with Crippen LogP contribution in [0.3, 0.4) is 0 Å². The van der Waals surface area contributed by atoms with E-state index in [1.54, 1.807) is 25.2 Å². The van der Waals surface area contributed by atoms with E-state index in [1.165, 1.54) is 12.8 Å². The number of piperazine rings is 1. The van der Waals surface area contributed by atoms with Crippen molar-refractivity contribution < 1.29 is 56.2 Å². The average molecular weight is 473 g/mol. The molecule has 5 rings (SSSR count).